The molecular formula is C14H11FN2O2. The molecule has 0 aliphatic carbocycles. The smallest absolute Gasteiger partial charge is 0.231 e. The summed E-state index contributed by atoms with van der Waals surface area (Å²) in [6.07, 6.45) is 0. The summed E-state index contributed by atoms with van der Waals surface area (Å²) in [5.41, 5.74) is 7.95. The van der Waals surface area contributed by atoms with E-state index in [1.165, 1.54) is 12.1 Å². The van der Waals surface area contributed by atoms with Crippen molar-refractivity contribution in [1.29, 1.82) is 0 Å². The van der Waals surface area contributed by atoms with Crippen LogP contribution in [0.1, 0.15) is 0 Å². The lowest BCUT2D eigenvalue weighted by molar-refractivity contribution is 0.415. The molecule has 0 radical (unpaired) electrons. The molecule has 3 rings (SSSR count). The van der Waals surface area contributed by atoms with Crippen LogP contribution >= 0.6 is 0 Å². The lowest BCUT2D eigenvalue weighted by Crippen LogP contribution is -1.91. The molecule has 0 spiro atoms. The molecule has 0 fully saturated rings. The number of hydrogen-bond acceptors (Lipinski definition) is 4. The van der Waals surface area contributed by atoms with Crippen LogP contribution in [0.25, 0.3) is 22.6 Å². The largest absolute Gasteiger partial charge is 0.496 e. The number of ether oxygens (including phenoxy) is 1. The highest BCUT2D eigenvalue weighted by Gasteiger charge is 2.13. The van der Waals surface area contributed by atoms with Crippen LogP contribution in [0, 0.1) is 5.82 Å². The molecule has 1 heterocycles. The van der Waals surface area contributed by atoms with Gasteiger partial charge in [0.15, 0.2) is 5.58 Å². The highest BCUT2D eigenvalue weighted by molar-refractivity contribution is 5.78. The number of methoxy groups -OCH3 is 1. The van der Waals surface area contributed by atoms with Crippen molar-refractivity contribution in [1.82, 2.24) is 4.98 Å². The Morgan fingerprint density at radius 2 is 2.05 bits per heavy atom. The number of fused-ring (bicyclic) bond motifs is 1. The maximum Gasteiger partial charge on any atom is 0.231 e. The van der Waals surface area contributed by atoms with E-state index in [9.17, 15) is 4.39 Å². The molecule has 4 nitrogen and oxygen atoms in total. The van der Waals surface area contributed by atoms with Gasteiger partial charge in [-0.15, -0.1) is 0 Å². The van der Waals surface area contributed by atoms with E-state index in [0.717, 1.165) is 0 Å². The van der Waals surface area contributed by atoms with E-state index in [4.69, 9.17) is 14.9 Å². The number of rotatable bonds is 2. The van der Waals surface area contributed by atoms with Crippen molar-refractivity contribution in [3.63, 3.8) is 0 Å². The molecule has 0 aliphatic rings. The monoisotopic (exact) mass is 258 g/mol. The molecule has 0 saturated carbocycles. The number of aromatic nitrogens is 1. The molecule has 1 aromatic heterocycles. The molecular weight excluding hydrogens is 247 g/mol. The molecule has 0 amide bonds. The molecule has 0 bridgehead atoms. The van der Waals surface area contributed by atoms with Crippen molar-refractivity contribution >= 4 is 16.8 Å². The standard InChI is InChI=1S/C14H11FN2O2/c1-18-13-7-9(16)3-4-10(13)14-17-11-6-8(15)2-5-12(11)19-14/h2-7H,16H2,1H3. The Bertz CT molecular complexity index is 752. The zero-order valence-electron chi connectivity index (χ0n) is 10.2. The Kier molecular flexibility index (Phi) is 2.59. The molecule has 2 aromatic carbocycles. The number of nitrogens with zero attached hydrogens (tertiary/aromatic N) is 1. The first-order valence-electron chi connectivity index (χ1n) is 5.67. The molecule has 19 heavy (non-hydrogen) atoms. The normalized spacial score (nSPS) is 10.8. The second kappa shape index (κ2) is 4.28. The third kappa shape index (κ3) is 1.99. The summed E-state index contributed by atoms with van der Waals surface area (Å²) in [6, 6.07) is 9.38. The summed E-state index contributed by atoms with van der Waals surface area (Å²) in [4.78, 5) is 4.25. The number of oxazole rings is 1. The Morgan fingerprint density at radius 3 is 2.84 bits per heavy atom. The van der Waals surface area contributed by atoms with Gasteiger partial charge >= 0.3 is 0 Å². The van der Waals surface area contributed by atoms with Crippen molar-refractivity contribution in [2.45, 2.75) is 0 Å². The highest BCUT2D eigenvalue weighted by Crippen LogP contribution is 2.33. The average Bonchev–Trinajstić information content (AvgIpc) is 2.81. The molecule has 2 N–H and O–H groups in total. The van der Waals surface area contributed by atoms with Gasteiger partial charge in [0, 0.05) is 17.8 Å². The number of hydrogen-bond donors (Lipinski definition) is 1. The lowest BCUT2D eigenvalue weighted by Gasteiger charge is -2.05. The summed E-state index contributed by atoms with van der Waals surface area (Å²) in [6.45, 7) is 0. The predicted molar refractivity (Wildman–Crippen MR) is 70.4 cm³/mol. The van der Waals surface area contributed by atoms with Crippen LogP contribution in [0.5, 0.6) is 5.75 Å². The zero-order chi connectivity index (χ0) is 13.4. The molecule has 3 aromatic rings. The fraction of sp³-hybridized carbons (Fsp3) is 0.0714. The lowest BCUT2D eigenvalue weighted by atomic mass is 10.2. The van der Waals surface area contributed by atoms with Gasteiger partial charge in [0.2, 0.25) is 5.89 Å². The fourth-order valence-electron chi connectivity index (χ4n) is 1.90. The topological polar surface area (TPSA) is 61.3 Å². The third-order valence-electron chi connectivity index (χ3n) is 2.81. The number of anilines is 1. The summed E-state index contributed by atoms with van der Waals surface area (Å²) < 4.78 is 24.0. The average molecular weight is 258 g/mol. The Balaban J connectivity index is 2.18. The van der Waals surface area contributed by atoms with Crippen molar-refractivity contribution in [3.05, 3.63) is 42.2 Å². The van der Waals surface area contributed by atoms with Crippen LogP contribution in [0.4, 0.5) is 10.1 Å². The summed E-state index contributed by atoms with van der Waals surface area (Å²) in [5.74, 6) is 0.584. The Labute approximate surface area is 108 Å². The summed E-state index contributed by atoms with van der Waals surface area (Å²) >= 11 is 0. The van der Waals surface area contributed by atoms with Gasteiger partial charge in [-0.1, -0.05) is 0 Å². The number of benzene rings is 2. The van der Waals surface area contributed by atoms with Crippen LogP contribution in [-0.2, 0) is 0 Å². The molecule has 0 aliphatic heterocycles. The van der Waals surface area contributed by atoms with E-state index in [1.807, 2.05) is 0 Å². The second-order valence-corrected chi connectivity index (χ2v) is 4.09. The molecule has 5 heteroatoms. The Hall–Kier alpha value is -2.56. The minimum atomic E-state index is -0.350. The van der Waals surface area contributed by atoms with Crippen molar-refractivity contribution in [3.8, 4) is 17.2 Å². The van der Waals surface area contributed by atoms with E-state index in [0.29, 0.717) is 34.0 Å². The van der Waals surface area contributed by atoms with Crippen LogP contribution in [0.3, 0.4) is 0 Å². The minimum Gasteiger partial charge on any atom is -0.496 e. The number of halogens is 1. The van der Waals surface area contributed by atoms with Gasteiger partial charge in [-0.3, -0.25) is 0 Å². The molecule has 0 saturated heterocycles. The van der Waals surface area contributed by atoms with E-state index in [2.05, 4.69) is 4.98 Å². The van der Waals surface area contributed by atoms with Gasteiger partial charge in [-0.2, -0.15) is 0 Å². The van der Waals surface area contributed by atoms with E-state index >= 15 is 0 Å². The third-order valence-corrected chi connectivity index (χ3v) is 2.81. The fourth-order valence-corrected chi connectivity index (χ4v) is 1.90. The van der Waals surface area contributed by atoms with E-state index in [1.54, 1.807) is 31.4 Å². The first-order chi connectivity index (χ1) is 9.17. The molecule has 96 valence electrons. The maximum absolute atomic E-state index is 13.1. The molecule has 0 atom stereocenters. The first kappa shape index (κ1) is 11.5. The van der Waals surface area contributed by atoms with Gasteiger partial charge in [-0.05, 0) is 24.3 Å². The van der Waals surface area contributed by atoms with E-state index in [-0.39, 0.29) is 5.82 Å². The Morgan fingerprint density at radius 1 is 1.21 bits per heavy atom. The SMILES string of the molecule is COc1cc(N)ccc1-c1nc2cc(F)ccc2o1. The second-order valence-electron chi connectivity index (χ2n) is 4.09. The van der Waals surface area contributed by atoms with Gasteiger partial charge in [0.1, 0.15) is 17.1 Å². The van der Waals surface area contributed by atoms with Gasteiger partial charge in [-0.25, -0.2) is 9.37 Å². The van der Waals surface area contributed by atoms with Crippen molar-refractivity contribution in [2.24, 2.45) is 0 Å². The van der Waals surface area contributed by atoms with E-state index < -0.39 is 0 Å². The zero-order valence-corrected chi connectivity index (χ0v) is 10.2. The van der Waals surface area contributed by atoms with Crippen molar-refractivity contribution < 1.29 is 13.5 Å². The number of nitrogens with two attached hydrogens (primary N) is 1. The van der Waals surface area contributed by atoms with Crippen LogP contribution in [0.15, 0.2) is 40.8 Å². The van der Waals surface area contributed by atoms with Gasteiger partial charge in [0.25, 0.3) is 0 Å². The quantitative estimate of drug-likeness (QED) is 0.717. The first-order valence-corrected chi connectivity index (χ1v) is 5.67. The minimum absolute atomic E-state index is 0.350. The van der Waals surface area contributed by atoms with Crippen LogP contribution in [-0.4, -0.2) is 12.1 Å². The summed E-state index contributed by atoms with van der Waals surface area (Å²) in [7, 11) is 1.54. The van der Waals surface area contributed by atoms with Crippen molar-refractivity contribution in [2.75, 3.05) is 12.8 Å². The highest BCUT2D eigenvalue weighted by atomic mass is 19.1. The predicted octanol–water partition coefficient (Wildman–Crippen LogP) is 3.22. The van der Waals surface area contributed by atoms with Crippen LogP contribution < -0.4 is 10.5 Å². The molecule has 0 unspecified atom stereocenters. The summed E-state index contributed by atoms with van der Waals surface area (Å²) in [5, 5.41) is 0. The maximum atomic E-state index is 13.1. The van der Waals surface area contributed by atoms with Gasteiger partial charge < -0.3 is 14.9 Å². The van der Waals surface area contributed by atoms with Crippen LogP contribution in [0.2, 0.25) is 0 Å². The number of nitrogen functional groups attached to an aromatic ring is 1. The van der Waals surface area contributed by atoms with Gasteiger partial charge in [0.05, 0.1) is 12.7 Å².